The van der Waals surface area contributed by atoms with Crippen LogP contribution in [0, 0.1) is 20.2 Å². The maximum atomic E-state index is 10.2. The summed E-state index contributed by atoms with van der Waals surface area (Å²) in [4.78, 5) is 39.5. The number of nitrogens with zero attached hydrogens (tertiary/aromatic N) is 3. The number of unbranched alkanes of at least 4 members (excludes halogenated alkanes) is 4. The largest absolute Gasteiger partial charge is 1.00 e. The lowest BCUT2D eigenvalue weighted by Crippen LogP contribution is -2.50. The first-order valence-electron chi connectivity index (χ1n) is 14.2. The fourth-order valence-corrected chi connectivity index (χ4v) is 4.08. The molecule has 2 aromatic carbocycles. The molecule has 0 spiro atoms. The molecule has 0 aliphatic rings. The van der Waals surface area contributed by atoms with Gasteiger partial charge < -0.3 is 24.3 Å². The predicted octanol–water partition coefficient (Wildman–Crippen LogP) is 5.03. The first kappa shape index (κ1) is 37.1. The number of hydrogen-bond donors (Lipinski definition) is 0. The molecule has 0 saturated heterocycles. The maximum absolute atomic E-state index is 10.2. The molecule has 0 saturated carbocycles. The molecule has 0 heterocycles. The molecule has 228 valence electrons. The fourth-order valence-electron chi connectivity index (χ4n) is 4.08. The van der Waals surface area contributed by atoms with Crippen molar-refractivity contribution < 1.29 is 35.6 Å². The molecule has 0 unspecified atom stereocenters. The van der Waals surface area contributed by atoms with Gasteiger partial charge in [0.2, 0.25) is 0 Å². The Morgan fingerprint density at radius 3 is 1.00 bits per heavy atom. The van der Waals surface area contributed by atoms with Crippen molar-refractivity contribution in [2.75, 3.05) is 26.2 Å². The van der Waals surface area contributed by atoms with E-state index in [0.29, 0.717) is 0 Å². The molecule has 0 radical (unpaired) electrons. The highest BCUT2D eigenvalue weighted by Crippen LogP contribution is 2.16. The highest BCUT2D eigenvalue weighted by molar-refractivity contribution is 5.86. The minimum atomic E-state index is -1.34. The topological polar surface area (TPSA) is 167 Å². The first-order valence-corrected chi connectivity index (χ1v) is 14.2. The highest BCUT2D eigenvalue weighted by Gasteiger charge is 2.24. The van der Waals surface area contributed by atoms with Crippen molar-refractivity contribution in [3.8, 4) is 0 Å². The average molecular weight is 576 g/mol. The predicted molar refractivity (Wildman–Crippen MR) is 155 cm³/mol. The van der Waals surface area contributed by atoms with Crippen molar-refractivity contribution in [2.45, 2.75) is 79.1 Å². The summed E-state index contributed by atoms with van der Waals surface area (Å²) in [7, 11) is 0. The third-order valence-corrected chi connectivity index (χ3v) is 6.57. The fraction of sp³-hybridized carbons (Fsp3) is 0.533. The van der Waals surface area contributed by atoms with Crippen LogP contribution in [0.4, 0.5) is 11.4 Å². The molecule has 0 N–H and O–H groups in total. The van der Waals surface area contributed by atoms with E-state index in [1.807, 2.05) is 0 Å². The van der Waals surface area contributed by atoms with Gasteiger partial charge in [-0.1, -0.05) is 53.4 Å². The molecule has 0 aliphatic heterocycles. The molecule has 2 rings (SSSR count). The zero-order valence-electron chi connectivity index (χ0n) is 25.7. The molecule has 11 nitrogen and oxygen atoms in total. The van der Waals surface area contributed by atoms with E-state index < -0.39 is 21.8 Å². The van der Waals surface area contributed by atoms with Crippen LogP contribution < -0.4 is 10.2 Å². The van der Waals surface area contributed by atoms with Crippen LogP contribution in [0.1, 0.15) is 101 Å². The number of carboxylic acid groups (broad SMARTS) is 2. The standard InChI is InChI=1S/C16H36N.2C7H5NO4/c1-5-9-13-17(14-10-6-2,15-11-7-3)16-12-8-4;2*9-7(10)5-1-3-6(4-2-5)8(11)12/h5-16H2,1-4H3;2*1-4H,(H,9,10)/q+1;;/p-1. The summed E-state index contributed by atoms with van der Waals surface area (Å²) in [5, 5.41) is 40.7. The van der Waals surface area contributed by atoms with E-state index in [2.05, 4.69) is 27.7 Å². The SMILES string of the molecule is CCCC[N+](CCCC)(CCCC)CCCC.O=C([O-])c1ccc([N+](=O)[O-])cc1.O=C([O-])c1ccc([N+](=O)[O-])cc1.[H+]. The summed E-state index contributed by atoms with van der Waals surface area (Å²) in [5.41, 5.74) is -0.416. The van der Waals surface area contributed by atoms with Crippen molar-refractivity contribution in [3.63, 3.8) is 0 Å². The Morgan fingerprint density at radius 2 is 0.829 bits per heavy atom. The third-order valence-electron chi connectivity index (χ3n) is 6.57. The Bertz CT molecular complexity index is 892. The van der Waals surface area contributed by atoms with E-state index in [9.17, 15) is 40.0 Å². The lowest BCUT2D eigenvalue weighted by Gasteiger charge is -2.39. The number of rotatable bonds is 16. The van der Waals surface area contributed by atoms with Crippen LogP contribution in [-0.2, 0) is 0 Å². The van der Waals surface area contributed by atoms with Crippen molar-refractivity contribution in [1.82, 2.24) is 0 Å². The summed E-state index contributed by atoms with van der Waals surface area (Å²) < 4.78 is 1.42. The summed E-state index contributed by atoms with van der Waals surface area (Å²) in [6, 6.07) is 8.99. The van der Waals surface area contributed by atoms with Gasteiger partial charge in [-0.05, 0) is 61.1 Å². The van der Waals surface area contributed by atoms with Crippen LogP contribution in [-0.4, -0.2) is 52.4 Å². The number of carboxylic acids is 2. The average Bonchev–Trinajstić information content (AvgIpc) is 2.97. The number of non-ortho nitro benzene ring substituents is 2. The smallest absolute Gasteiger partial charge is 0.545 e. The molecule has 0 fully saturated rings. The monoisotopic (exact) mass is 575 g/mol. The molecule has 0 aliphatic carbocycles. The summed E-state index contributed by atoms with van der Waals surface area (Å²) in [6.45, 7) is 15.0. The Labute approximate surface area is 244 Å². The van der Waals surface area contributed by atoms with Gasteiger partial charge in [-0.3, -0.25) is 20.2 Å². The summed E-state index contributed by atoms with van der Waals surface area (Å²) in [6.07, 6.45) is 11.1. The van der Waals surface area contributed by atoms with Crippen molar-refractivity contribution in [2.24, 2.45) is 0 Å². The number of nitro groups is 2. The molecule has 2 aromatic rings. The second kappa shape index (κ2) is 21.0. The van der Waals surface area contributed by atoms with Gasteiger partial charge in [0.1, 0.15) is 0 Å². The Balaban J connectivity index is 0. The van der Waals surface area contributed by atoms with E-state index in [1.54, 1.807) is 0 Å². The van der Waals surface area contributed by atoms with Gasteiger partial charge in [-0.2, -0.15) is 0 Å². The van der Waals surface area contributed by atoms with Gasteiger partial charge in [0, 0.05) is 24.3 Å². The van der Waals surface area contributed by atoms with Crippen LogP contribution in [0.5, 0.6) is 0 Å². The van der Waals surface area contributed by atoms with Crippen LogP contribution in [0.25, 0.3) is 0 Å². The Kier molecular flexibility index (Phi) is 19.0. The van der Waals surface area contributed by atoms with Crippen molar-refractivity contribution >= 4 is 23.3 Å². The van der Waals surface area contributed by atoms with Crippen LogP contribution in [0.3, 0.4) is 0 Å². The van der Waals surface area contributed by atoms with Crippen molar-refractivity contribution in [1.29, 1.82) is 0 Å². The van der Waals surface area contributed by atoms with Crippen LogP contribution in [0.15, 0.2) is 48.5 Å². The van der Waals surface area contributed by atoms with E-state index in [-0.39, 0.29) is 23.9 Å². The normalized spacial score (nSPS) is 10.4. The molecular formula is C30H45N3O8. The maximum Gasteiger partial charge on any atom is 1.00 e. The number of quaternary nitrogens is 1. The zero-order chi connectivity index (χ0) is 31.3. The molecule has 0 aromatic heterocycles. The van der Waals surface area contributed by atoms with Gasteiger partial charge in [0.15, 0.2) is 0 Å². The van der Waals surface area contributed by atoms with E-state index in [0.717, 1.165) is 48.5 Å². The van der Waals surface area contributed by atoms with Gasteiger partial charge in [-0.15, -0.1) is 0 Å². The summed E-state index contributed by atoms with van der Waals surface area (Å²) in [5.74, 6) is -2.69. The van der Waals surface area contributed by atoms with Crippen LogP contribution >= 0.6 is 0 Å². The van der Waals surface area contributed by atoms with E-state index in [4.69, 9.17) is 0 Å². The number of aromatic carboxylic acids is 2. The van der Waals surface area contributed by atoms with Crippen molar-refractivity contribution in [3.05, 3.63) is 79.9 Å². The third kappa shape index (κ3) is 15.5. The number of nitro benzene ring substituents is 2. The lowest BCUT2D eigenvalue weighted by atomic mass is 10.1. The number of benzene rings is 2. The van der Waals surface area contributed by atoms with Crippen LogP contribution in [0.2, 0.25) is 0 Å². The molecule has 41 heavy (non-hydrogen) atoms. The van der Waals surface area contributed by atoms with Gasteiger partial charge in [0.25, 0.3) is 11.4 Å². The Morgan fingerprint density at radius 1 is 0.585 bits per heavy atom. The zero-order valence-corrected chi connectivity index (χ0v) is 24.7. The molecular weight excluding hydrogens is 530 g/mol. The second-order valence-corrected chi connectivity index (χ2v) is 9.83. The minimum absolute atomic E-state index is 0. The summed E-state index contributed by atoms with van der Waals surface area (Å²) >= 11 is 0. The highest BCUT2D eigenvalue weighted by atomic mass is 16.6. The minimum Gasteiger partial charge on any atom is -0.545 e. The lowest BCUT2D eigenvalue weighted by molar-refractivity contribution is -0.929. The first-order chi connectivity index (χ1) is 19.5. The molecule has 0 amide bonds. The molecule has 0 bridgehead atoms. The number of hydrogen-bond acceptors (Lipinski definition) is 8. The molecule has 11 heteroatoms. The van der Waals surface area contributed by atoms with E-state index in [1.165, 1.54) is 82.0 Å². The number of carbonyl (C=O) groups excluding carboxylic acids is 2. The van der Waals surface area contributed by atoms with Gasteiger partial charge >= 0.3 is 1.43 Å². The molecule has 0 atom stereocenters. The van der Waals surface area contributed by atoms with Gasteiger partial charge in [-0.25, -0.2) is 0 Å². The van der Waals surface area contributed by atoms with Gasteiger partial charge in [0.05, 0.1) is 48.0 Å². The second-order valence-electron chi connectivity index (χ2n) is 9.83. The van der Waals surface area contributed by atoms with E-state index >= 15 is 0 Å². The number of carbonyl (C=O) groups is 2. The quantitative estimate of drug-likeness (QED) is 0.152. The Hall–Kier alpha value is -3.86.